The Bertz CT molecular complexity index is 739. The third kappa shape index (κ3) is 2.44. The van der Waals surface area contributed by atoms with E-state index in [0.29, 0.717) is 0 Å². The van der Waals surface area contributed by atoms with Crippen LogP contribution in [0.3, 0.4) is 0 Å². The lowest BCUT2D eigenvalue weighted by Gasteiger charge is -2.03. The van der Waals surface area contributed by atoms with Crippen LogP contribution in [-0.2, 0) is 0 Å². The SMILES string of the molecule is Cc1cc(O)c(C(=O)C(=O)c2ccc(O)cc2)c(=O)o1. The number of ketones is 2. The molecule has 0 radical (unpaired) electrons. The predicted octanol–water partition coefficient (Wildman–Crippen LogP) is 1.43. The molecule has 0 aliphatic rings. The summed E-state index contributed by atoms with van der Waals surface area (Å²) in [6, 6.07) is 6.03. The van der Waals surface area contributed by atoms with E-state index in [1.807, 2.05) is 0 Å². The Morgan fingerprint density at radius 2 is 1.65 bits per heavy atom. The summed E-state index contributed by atoms with van der Waals surface area (Å²) in [6.07, 6.45) is 0. The molecule has 0 aliphatic heterocycles. The molecule has 6 nitrogen and oxygen atoms in total. The van der Waals surface area contributed by atoms with Crippen LogP contribution >= 0.6 is 0 Å². The molecule has 2 aromatic rings. The van der Waals surface area contributed by atoms with Gasteiger partial charge in [0.2, 0.25) is 11.6 Å². The summed E-state index contributed by atoms with van der Waals surface area (Å²) in [7, 11) is 0. The molecular formula is C14H10O6. The first-order chi connectivity index (χ1) is 9.40. The summed E-state index contributed by atoms with van der Waals surface area (Å²) in [6.45, 7) is 1.43. The van der Waals surface area contributed by atoms with Gasteiger partial charge in [-0.3, -0.25) is 9.59 Å². The zero-order valence-electron chi connectivity index (χ0n) is 10.4. The Labute approximate surface area is 112 Å². The third-order valence-electron chi connectivity index (χ3n) is 2.62. The highest BCUT2D eigenvalue weighted by molar-refractivity contribution is 6.49. The van der Waals surface area contributed by atoms with Crippen molar-refractivity contribution in [2.24, 2.45) is 0 Å². The minimum atomic E-state index is -1.16. The summed E-state index contributed by atoms with van der Waals surface area (Å²) < 4.78 is 4.69. The fraction of sp³-hybridized carbons (Fsp3) is 0.0714. The topological polar surface area (TPSA) is 105 Å². The number of hydrogen-bond donors (Lipinski definition) is 2. The fourth-order valence-electron chi connectivity index (χ4n) is 1.66. The van der Waals surface area contributed by atoms with Gasteiger partial charge in [-0.25, -0.2) is 4.79 Å². The number of phenolic OH excluding ortho intramolecular Hbond substituents is 1. The number of hydrogen-bond acceptors (Lipinski definition) is 6. The van der Waals surface area contributed by atoms with E-state index in [4.69, 9.17) is 5.11 Å². The molecular weight excluding hydrogens is 264 g/mol. The standard InChI is InChI=1S/C14H10O6/c1-7-6-10(16)11(14(19)20-7)13(18)12(17)8-2-4-9(15)5-3-8/h2-6,15-16H,1H3. The maximum Gasteiger partial charge on any atom is 0.351 e. The van der Waals surface area contributed by atoms with E-state index < -0.39 is 28.5 Å². The first kappa shape index (κ1) is 13.5. The average molecular weight is 274 g/mol. The Balaban J connectivity index is 2.44. The largest absolute Gasteiger partial charge is 0.508 e. The molecule has 1 heterocycles. The number of phenols is 1. The maximum atomic E-state index is 12.0. The minimum absolute atomic E-state index is 0.00725. The Kier molecular flexibility index (Phi) is 3.39. The monoisotopic (exact) mass is 274 g/mol. The van der Waals surface area contributed by atoms with Crippen molar-refractivity contribution >= 4 is 11.6 Å². The molecule has 102 valence electrons. The van der Waals surface area contributed by atoms with Crippen molar-refractivity contribution in [3.8, 4) is 11.5 Å². The number of rotatable bonds is 3. The van der Waals surface area contributed by atoms with Gasteiger partial charge in [0.05, 0.1) is 0 Å². The van der Waals surface area contributed by atoms with E-state index in [2.05, 4.69) is 4.42 Å². The average Bonchev–Trinajstić information content (AvgIpc) is 2.37. The smallest absolute Gasteiger partial charge is 0.351 e. The Hall–Kier alpha value is -2.89. The summed E-state index contributed by atoms with van der Waals surface area (Å²) in [4.78, 5) is 35.4. The summed E-state index contributed by atoms with van der Waals surface area (Å²) in [5.41, 5.74) is -1.78. The van der Waals surface area contributed by atoms with Crippen LogP contribution < -0.4 is 5.63 Å². The van der Waals surface area contributed by atoms with Gasteiger partial charge in [0.25, 0.3) is 0 Å². The summed E-state index contributed by atoms with van der Waals surface area (Å²) in [5.74, 6) is -2.68. The molecule has 0 aliphatic carbocycles. The van der Waals surface area contributed by atoms with Gasteiger partial charge in [0.1, 0.15) is 17.3 Å². The molecule has 0 saturated carbocycles. The van der Waals surface area contributed by atoms with Crippen LogP contribution in [0.4, 0.5) is 0 Å². The normalized spacial score (nSPS) is 10.2. The first-order valence-electron chi connectivity index (χ1n) is 5.62. The van der Waals surface area contributed by atoms with E-state index in [9.17, 15) is 19.5 Å². The quantitative estimate of drug-likeness (QED) is 0.648. The predicted molar refractivity (Wildman–Crippen MR) is 68.1 cm³/mol. The number of aromatic hydroxyl groups is 2. The molecule has 1 aromatic carbocycles. The van der Waals surface area contributed by atoms with E-state index in [0.717, 1.165) is 6.07 Å². The number of aryl methyl sites for hydroxylation is 1. The molecule has 0 saturated heterocycles. The van der Waals surface area contributed by atoms with Crippen molar-refractivity contribution in [2.75, 3.05) is 0 Å². The maximum absolute atomic E-state index is 12.0. The van der Waals surface area contributed by atoms with E-state index in [-0.39, 0.29) is 17.1 Å². The molecule has 2 rings (SSSR count). The molecule has 0 amide bonds. The number of Topliss-reactive ketones (excluding diaryl/α,β-unsaturated/α-hetero) is 2. The van der Waals surface area contributed by atoms with Gasteiger partial charge in [0, 0.05) is 11.6 Å². The minimum Gasteiger partial charge on any atom is -0.508 e. The molecule has 0 unspecified atom stereocenters. The highest BCUT2D eigenvalue weighted by atomic mass is 16.4. The van der Waals surface area contributed by atoms with Crippen LogP contribution in [-0.4, -0.2) is 21.8 Å². The van der Waals surface area contributed by atoms with Gasteiger partial charge in [0.15, 0.2) is 5.56 Å². The highest BCUT2D eigenvalue weighted by Gasteiger charge is 2.25. The Morgan fingerprint density at radius 3 is 2.20 bits per heavy atom. The van der Waals surface area contributed by atoms with Crippen molar-refractivity contribution < 1.29 is 24.2 Å². The molecule has 6 heteroatoms. The van der Waals surface area contributed by atoms with Crippen LogP contribution in [0, 0.1) is 6.92 Å². The van der Waals surface area contributed by atoms with Crippen molar-refractivity contribution in [3.05, 3.63) is 57.6 Å². The zero-order chi connectivity index (χ0) is 14.9. The van der Waals surface area contributed by atoms with Gasteiger partial charge < -0.3 is 14.6 Å². The highest BCUT2D eigenvalue weighted by Crippen LogP contribution is 2.18. The fourth-order valence-corrected chi connectivity index (χ4v) is 1.66. The molecule has 2 N–H and O–H groups in total. The molecule has 20 heavy (non-hydrogen) atoms. The molecule has 1 aromatic heterocycles. The zero-order valence-corrected chi connectivity index (χ0v) is 10.4. The van der Waals surface area contributed by atoms with E-state index in [1.54, 1.807) is 0 Å². The van der Waals surface area contributed by atoms with Gasteiger partial charge in [-0.2, -0.15) is 0 Å². The van der Waals surface area contributed by atoms with Gasteiger partial charge in [-0.15, -0.1) is 0 Å². The van der Waals surface area contributed by atoms with Gasteiger partial charge >= 0.3 is 5.63 Å². The number of carbonyl (C=O) groups is 2. The molecule has 0 bridgehead atoms. The lowest BCUT2D eigenvalue weighted by molar-refractivity contribution is 0.0812. The second-order valence-electron chi connectivity index (χ2n) is 4.11. The van der Waals surface area contributed by atoms with Crippen molar-refractivity contribution in [3.63, 3.8) is 0 Å². The van der Waals surface area contributed by atoms with E-state index >= 15 is 0 Å². The molecule has 0 atom stereocenters. The second-order valence-corrected chi connectivity index (χ2v) is 4.11. The molecule has 0 spiro atoms. The number of carbonyl (C=O) groups excluding carboxylic acids is 2. The van der Waals surface area contributed by atoms with Gasteiger partial charge in [-0.1, -0.05) is 0 Å². The van der Waals surface area contributed by atoms with Crippen molar-refractivity contribution in [2.45, 2.75) is 6.92 Å². The van der Waals surface area contributed by atoms with Crippen LogP contribution in [0.2, 0.25) is 0 Å². The summed E-state index contributed by atoms with van der Waals surface area (Å²) in [5, 5.41) is 18.7. The third-order valence-corrected chi connectivity index (χ3v) is 2.62. The van der Waals surface area contributed by atoms with Crippen LogP contribution in [0.1, 0.15) is 26.5 Å². The lowest BCUT2D eigenvalue weighted by Crippen LogP contribution is -2.22. The van der Waals surface area contributed by atoms with E-state index in [1.165, 1.54) is 31.2 Å². The van der Waals surface area contributed by atoms with Crippen LogP contribution in [0.5, 0.6) is 11.5 Å². The first-order valence-corrected chi connectivity index (χ1v) is 5.62. The van der Waals surface area contributed by atoms with Crippen molar-refractivity contribution in [1.29, 1.82) is 0 Å². The van der Waals surface area contributed by atoms with Gasteiger partial charge in [-0.05, 0) is 31.2 Å². The van der Waals surface area contributed by atoms with Crippen LogP contribution in [0.25, 0.3) is 0 Å². The van der Waals surface area contributed by atoms with Crippen LogP contribution in [0.15, 0.2) is 39.5 Å². The lowest BCUT2D eigenvalue weighted by atomic mass is 10.0. The second kappa shape index (κ2) is 5.00. The Morgan fingerprint density at radius 1 is 1.05 bits per heavy atom. The van der Waals surface area contributed by atoms with Crippen molar-refractivity contribution in [1.82, 2.24) is 0 Å². The number of benzene rings is 1. The summed E-state index contributed by atoms with van der Waals surface area (Å²) >= 11 is 0. The molecule has 0 fully saturated rings.